The molecular formula is C17H15N3O4S. The summed E-state index contributed by atoms with van der Waals surface area (Å²) in [7, 11) is 0. The molecule has 0 atom stereocenters. The predicted octanol–water partition coefficient (Wildman–Crippen LogP) is 3.99. The van der Waals surface area contributed by atoms with Gasteiger partial charge in [0.15, 0.2) is 5.13 Å². The lowest BCUT2D eigenvalue weighted by Gasteiger charge is -2.05. The smallest absolute Gasteiger partial charge is 0.338 e. The molecule has 8 heteroatoms. The summed E-state index contributed by atoms with van der Waals surface area (Å²) in [6.45, 7) is 2.64. The third-order valence-electron chi connectivity index (χ3n) is 3.49. The van der Waals surface area contributed by atoms with Gasteiger partial charge in [-0.15, -0.1) is 0 Å². The quantitative estimate of drug-likeness (QED) is 0.407. The number of nitrogens with zero attached hydrogens (tertiary/aromatic N) is 2. The van der Waals surface area contributed by atoms with Gasteiger partial charge in [-0.3, -0.25) is 10.1 Å². The van der Waals surface area contributed by atoms with Gasteiger partial charge in [0.25, 0.3) is 5.69 Å². The predicted molar refractivity (Wildman–Crippen MR) is 96.0 cm³/mol. The fraction of sp³-hybridized carbons (Fsp3) is 0.176. The summed E-state index contributed by atoms with van der Waals surface area (Å²) < 4.78 is 5.71. The van der Waals surface area contributed by atoms with E-state index in [1.165, 1.54) is 23.5 Å². The molecule has 0 unspecified atom stereocenters. The summed E-state index contributed by atoms with van der Waals surface area (Å²) in [4.78, 5) is 26.4. The summed E-state index contributed by atoms with van der Waals surface area (Å²) in [5.41, 5.74) is 2.27. The number of carbonyl (C=O) groups is 1. The number of nitrogens with one attached hydrogen (secondary N) is 1. The molecule has 0 fully saturated rings. The van der Waals surface area contributed by atoms with E-state index < -0.39 is 4.92 Å². The molecule has 1 aromatic heterocycles. The van der Waals surface area contributed by atoms with Crippen LogP contribution in [0.15, 0.2) is 42.5 Å². The molecule has 25 heavy (non-hydrogen) atoms. The molecule has 2 aromatic carbocycles. The fourth-order valence-corrected chi connectivity index (χ4v) is 3.15. The van der Waals surface area contributed by atoms with Crippen molar-refractivity contribution in [2.45, 2.75) is 13.5 Å². The van der Waals surface area contributed by atoms with Crippen molar-refractivity contribution in [3.05, 3.63) is 63.7 Å². The lowest BCUT2D eigenvalue weighted by Crippen LogP contribution is -2.05. The zero-order valence-electron chi connectivity index (χ0n) is 13.4. The van der Waals surface area contributed by atoms with Crippen molar-refractivity contribution >= 4 is 38.3 Å². The van der Waals surface area contributed by atoms with Crippen LogP contribution < -0.4 is 5.32 Å². The number of hydrogen-bond acceptors (Lipinski definition) is 7. The van der Waals surface area contributed by atoms with Crippen molar-refractivity contribution in [1.29, 1.82) is 0 Å². The number of benzene rings is 2. The molecule has 3 aromatic rings. The van der Waals surface area contributed by atoms with Crippen LogP contribution in [0.1, 0.15) is 22.8 Å². The molecule has 1 heterocycles. The van der Waals surface area contributed by atoms with Crippen LogP contribution in [0.25, 0.3) is 10.2 Å². The second-order valence-electron chi connectivity index (χ2n) is 5.20. The average Bonchev–Trinajstić information content (AvgIpc) is 3.02. The minimum Gasteiger partial charge on any atom is -0.462 e. The van der Waals surface area contributed by atoms with E-state index in [2.05, 4.69) is 10.3 Å². The first-order chi connectivity index (χ1) is 12.1. The number of aromatic nitrogens is 1. The number of rotatable bonds is 6. The normalized spacial score (nSPS) is 10.6. The maximum absolute atomic E-state index is 11.6. The van der Waals surface area contributed by atoms with Gasteiger partial charge < -0.3 is 10.1 Å². The van der Waals surface area contributed by atoms with Gasteiger partial charge in [-0.05, 0) is 30.7 Å². The molecule has 0 aliphatic rings. The van der Waals surface area contributed by atoms with Gasteiger partial charge in [0, 0.05) is 18.7 Å². The molecule has 1 N–H and O–H groups in total. The first kappa shape index (κ1) is 16.8. The Morgan fingerprint density at radius 3 is 2.72 bits per heavy atom. The summed E-state index contributed by atoms with van der Waals surface area (Å²) >= 11 is 1.36. The number of carbonyl (C=O) groups excluding carboxylic acids is 1. The molecule has 0 amide bonds. The minimum absolute atomic E-state index is 0.0530. The van der Waals surface area contributed by atoms with Crippen LogP contribution in [0, 0.1) is 10.1 Å². The van der Waals surface area contributed by atoms with E-state index in [-0.39, 0.29) is 11.7 Å². The van der Waals surface area contributed by atoms with E-state index in [0.717, 1.165) is 15.8 Å². The van der Waals surface area contributed by atoms with Gasteiger partial charge in [0.2, 0.25) is 0 Å². The molecule has 0 aliphatic carbocycles. The zero-order valence-corrected chi connectivity index (χ0v) is 14.2. The summed E-state index contributed by atoms with van der Waals surface area (Å²) in [5.74, 6) is -0.338. The van der Waals surface area contributed by atoms with E-state index >= 15 is 0 Å². The van der Waals surface area contributed by atoms with Crippen LogP contribution in [0.3, 0.4) is 0 Å². The Hall–Kier alpha value is -3.00. The highest BCUT2D eigenvalue weighted by molar-refractivity contribution is 7.22. The largest absolute Gasteiger partial charge is 0.462 e. The second kappa shape index (κ2) is 7.27. The summed E-state index contributed by atoms with van der Waals surface area (Å²) in [6, 6.07) is 11.7. The van der Waals surface area contributed by atoms with Crippen molar-refractivity contribution < 1.29 is 14.5 Å². The number of ether oxygens (including phenoxy) is 1. The topological polar surface area (TPSA) is 94.4 Å². The molecule has 0 spiro atoms. The Labute approximate surface area is 147 Å². The number of thiazole rings is 1. The van der Waals surface area contributed by atoms with Crippen LogP contribution in [-0.4, -0.2) is 22.5 Å². The zero-order chi connectivity index (χ0) is 17.8. The van der Waals surface area contributed by atoms with E-state index in [1.807, 2.05) is 12.1 Å². The van der Waals surface area contributed by atoms with E-state index in [0.29, 0.717) is 23.8 Å². The molecule has 128 valence electrons. The molecular weight excluding hydrogens is 342 g/mol. The van der Waals surface area contributed by atoms with Gasteiger partial charge in [-0.25, -0.2) is 9.78 Å². The van der Waals surface area contributed by atoms with Crippen molar-refractivity contribution in [3.63, 3.8) is 0 Å². The van der Waals surface area contributed by atoms with E-state index in [1.54, 1.807) is 25.1 Å². The Morgan fingerprint density at radius 2 is 2.04 bits per heavy atom. The Bertz CT molecular complexity index is 921. The summed E-state index contributed by atoms with van der Waals surface area (Å²) in [5, 5.41) is 14.7. The monoisotopic (exact) mass is 357 g/mol. The molecule has 0 aliphatic heterocycles. The first-order valence-corrected chi connectivity index (χ1v) is 8.43. The van der Waals surface area contributed by atoms with Crippen LogP contribution >= 0.6 is 11.3 Å². The van der Waals surface area contributed by atoms with Crippen molar-refractivity contribution in [1.82, 2.24) is 4.98 Å². The molecule has 0 saturated carbocycles. The van der Waals surface area contributed by atoms with Gasteiger partial charge >= 0.3 is 5.97 Å². The Morgan fingerprint density at radius 1 is 1.28 bits per heavy atom. The lowest BCUT2D eigenvalue weighted by molar-refractivity contribution is -0.384. The van der Waals surface area contributed by atoms with E-state index in [9.17, 15) is 14.9 Å². The summed E-state index contributed by atoms with van der Waals surface area (Å²) in [6.07, 6.45) is 0. The third-order valence-corrected chi connectivity index (χ3v) is 4.47. The molecule has 3 rings (SSSR count). The third kappa shape index (κ3) is 3.92. The van der Waals surface area contributed by atoms with Crippen LogP contribution in [-0.2, 0) is 11.3 Å². The fourth-order valence-electron chi connectivity index (χ4n) is 2.25. The number of fused-ring (bicyclic) bond motifs is 1. The molecule has 0 radical (unpaired) electrons. The molecule has 0 saturated heterocycles. The maximum atomic E-state index is 11.6. The number of anilines is 1. The second-order valence-corrected chi connectivity index (χ2v) is 6.23. The molecule has 7 nitrogen and oxygen atoms in total. The first-order valence-electron chi connectivity index (χ1n) is 7.61. The highest BCUT2D eigenvalue weighted by atomic mass is 32.1. The SMILES string of the molecule is CCOC(=O)c1ccc(CNc2nc3ccc([N+](=O)[O-])cc3s2)cc1. The minimum atomic E-state index is -0.419. The van der Waals surface area contributed by atoms with Gasteiger partial charge in [0.05, 0.1) is 27.3 Å². The standard InChI is InChI=1S/C17H15N3O4S/c1-2-24-16(21)12-5-3-11(4-6-12)10-18-17-19-14-8-7-13(20(22)23)9-15(14)25-17/h3-9H,2,10H2,1H3,(H,18,19). The number of esters is 1. The van der Waals surface area contributed by atoms with Crippen molar-refractivity contribution in [2.24, 2.45) is 0 Å². The Kier molecular flexibility index (Phi) is 4.90. The number of nitro groups is 1. The lowest BCUT2D eigenvalue weighted by atomic mass is 10.1. The van der Waals surface area contributed by atoms with Crippen molar-refractivity contribution in [3.8, 4) is 0 Å². The van der Waals surface area contributed by atoms with Gasteiger partial charge in [-0.2, -0.15) is 0 Å². The van der Waals surface area contributed by atoms with Crippen LogP contribution in [0.5, 0.6) is 0 Å². The Balaban J connectivity index is 1.68. The number of non-ortho nitro benzene ring substituents is 1. The maximum Gasteiger partial charge on any atom is 0.338 e. The number of hydrogen-bond donors (Lipinski definition) is 1. The number of nitro benzene ring substituents is 1. The average molecular weight is 357 g/mol. The highest BCUT2D eigenvalue weighted by Crippen LogP contribution is 2.29. The van der Waals surface area contributed by atoms with Crippen LogP contribution in [0.4, 0.5) is 10.8 Å². The van der Waals surface area contributed by atoms with E-state index in [4.69, 9.17) is 4.74 Å². The highest BCUT2D eigenvalue weighted by Gasteiger charge is 2.10. The van der Waals surface area contributed by atoms with Crippen LogP contribution in [0.2, 0.25) is 0 Å². The van der Waals surface area contributed by atoms with Crippen molar-refractivity contribution in [2.75, 3.05) is 11.9 Å². The van der Waals surface area contributed by atoms with Gasteiger partial charge in [0.1, 0.15) is 0 Å². The molecule has 0 bridgehead atoms. The van der Waals surface area contributed by atoms with Gasteiger partial charge in [-0.1, -0.05) is 23.5 Å².